The second-order valence-electron chi connectivity index (χ2n) is 10.2. The van der Waals surface area contributed by atoms with Crippen molar-refractivity contribution in [3.63, 3.8) is 0 Å². The van der Waals surface area contributed by atoms with Gasteiger partial charge in [0.05, 0.1) is 0 Å². The van der Waals surface area contributed by atoms with Gasteiger partial charge in [-0.15, -0.1) is 0 Å². The van der Waals surface area contributed by atoms with Crippen LogP contribution < -0.4 is 0 Å². The van der Waals surface area contributed by atoms with Crippen LogP contribution in [0.3, 0.4) is 0 Å². The molecule has 1 unspecified atom stereocenters. The quantitative estimate of drug-likeness (QED) is 0.236. The summed E-state index contributed by atoms with van der Waals surface area (Å²) in [5.74, 6) is 1.20. The standard InChI is InChI=1S/C30H44F2/c1-3-5-7-8-10-11-23-13-15-24(16-14-23)25-17-19-26(20-18-25)28-22-21-27(12-9-6-4-2)29(31)30(28)32/h7-8,19,21-25H,3-6,9-18,20H2,1-2H3. The molecule has 0 N–H and O–H groups in total. The van der Waals surface area contributed by atoms with Crippen molar-refractivity contribution < 1.29 is 8.78 Å². The molecule has 32 heavy (non-hydrogen) atoms. The van der Waals surface area contributed by atoms with Gasteiger partial charge >= 0.3 is 0 Å². The van der Waals surface area contributed by atoms with Crippen LogP contribution in [0, 0.1) is 29.4 Å². The zero-order valence-electron chi connectivity index (χ0n) is 20.5. The zero-order valence-corrected chi connectivity index (χ0v) is 20.5. The summed E-state index contributed by atoms with van der Waals surface area (Å²) < 4.78 is 29.4. The van der Waals surface area contributed by atoms with Crippen molar-refractivity contribution in [2.75, 3.05) is 0 Å². The van der Waals surface area contributed by atoms with Gasteiger partial charge in [0.1, 0.15) is 0 Å². The zero-order chi connectivity index (χ0) is 22.8. The Hall–Kier alpha value is -1.44. The molecule has 0 bridgehead atoms. The topological polar surface area (TPSA) is 0 Å². The minimum atomic E-state index is -0.628. The Morgan fingerprint density at radius 3 is 2.31 bits per heavy atom. The number of benzene rings is 1. The van der Waals surface area contributed by atoms with Gasteiger partial charge in [-0.05, 0) is 93.1 Å². The fourth-order valence-corrected chi connectivity index (χ4v) is 5.81. The SMILES string of the molecule is CCCC=CCCC1CCC(C2CC=C(c3ccc(CCCCC)c(F)c3F)CC2)CC1. The predicted molar refractivity (Wildman–Crippen MR) is 134 cm³/mol. The summed E-state index contributed by atoms with van der Waals surface area (Å²) in [6, 6.07) is 3.64. The Labute approximate surface area is 195 Å². The molecular formula is C30H44F2. The van der Waals surface area contributed by atoms with Gasteiger partial charge in [-0.25, -0.2) is 8.78 Å². The Balaban J connectivity index is 1.48. The molecule has 0 radical (unpaired) electrons. The van der Waals surface area contributed by atoms with E-state index in [-0.39, 0.29) is 0 Å². The van der Waals surface area contributed by atoms with Gasteiger partial charge < -0.3 is 0 Å². The number of halogens is 2. The lowest BCUT2D eigenvalue weighted by atomic mass is 9.70. The summed E-state index contributed by atoms with van der Waals surface area (Å²) in [4.78, 5) is 0. The number of aryl methyl sites for hydroxylation is 1. The molecule has 0 nitrogen and oxygen atoms in total. The van der Waals surface area contributed by atoms with Crippen molar-refractivity contribution >= 4 is 5.57 Å². The van der Waals surface area contributed by atoms with Crippen LogP contribution in [0.1, 0.15) is 115 Å². The van der Waals surface area contributed by atoms with E-state index >= 15 is 0 Å². The molecule has 2 aliphatic rings. The van der Waals surface area contributed by atoms with E-state index < -0.39 is 11.6 Å². The summed E-state index contributed by atoms with van der Waals surface area (Å²) in [7, 11) is 0. The molecule has 2 heteroatoms. The number of rotatable bonds is 11. The van der Waals surface area contributed by atoms with Crippen molar-refractivity contribution in [1.82, 2.24) is 0 Å². The third-order valence-electron chi connectivity index (χ3n) is 7.93. The van der Waals surface area contributed by atoms with Gasteiger partial charge in [0.25, 0.3) is 0 Å². The van der Waals surface area contributed by atoms with E-state index in [4.69, 9.17) is 0 Å². The Morgan fingerprint density at radius 2 is 1.62 bits per heavy atom. The minimum Gasteiger partial charge on any atom is -0.203 e. The van der Waals surface area contributed by atoms with Crippen LogP contribution in [-0.2, 0) is 6.42 Å². The first-order valence-electron chi connectivity index (χ1n) is 13.4. The molecule has 178 valence electrons. The summed E-state index contributed by atoms with van der Waals surface area (Å²) in [6.07, 6.45) is 24.2. The lowest BCUT2D eigenvalue weighted by Crippen LogP contribution is -2.23. The molecule has 1 aromatic carbocycles. The van der Waals surface area contributed by atoms with Gasteiger partial charge in [-0.1, -0.05) is 76.3 Å². The highest BCUT2D eigenvalue weighted by molar-refractivity contribution is 5.67. The molecule has 0 saturated heterocycles. The van der Waals surface area contributed by atoms with Crippen LogP contribution in [0.4, 0.5) is 8.78 Å². The second kappa shape index (κ2) is 13.3. The van der Waals surface area contributed by atoms with Gasteiger partial charge in [0, 0.05) is 5.56 Å². The summed E-state index contributed by atoms with van der Waals surface area (Å²) in [6.45, 7) is 4.36. The highest BCUT2D eigenvalue weighted by Gasteiger charge is 2.29. The second-order valence-corrected chi connectivity index (χ2v) is 10.2. The van der Waals surface area contributed by atoms with Crippen molar-refractivity contribution in [2.24, 2.45) is 17.8 Å². The largest absolute Gasteiger partial charge is 0.203 e. The Kier molecular flexibility index (Phi) is 10.5. The maximum atomic E-state index is 14.8. The number of hydrogen-bond donors (Lipinski definition) is 0. The number of hydrogen-bond acceptors (Lipinski definition) is 0. The lowest BCUT2D eigenvalue weighted by molar-refractivity contribution is 0.190. The van der Waals surface area contributed by atoms with E-state index in [0.717, 1.165) is 61.9 Å². The van der Waals surface area contributed by atoms with E-state index in [0.29, 0.717) is 17.5 Å². The molecule has 1 saturated carbocycles. The predicted octanol–water partition coefficient (Wildman–Crippen LogP) is 9.82. The normalized spacial score (nSPS) is 24.1. The fourth-order valence-electron chi connectivity index (χ4n) is 5.81. The maximum Gasteiger partial charge on any atom is 0.166 e. The molecule has 1 atom stereocenters. The molecular weight excluding hydrogens is 398 g/mol. The molecule has 3 rings (SSSR count). The van der Waals surface area contributed by atoms with E-state index in [1.165, 1.54) is 51.4 Å². The van der Waals surface area contributed by atoms with Crippen LogP contribution in [0.5, 0.6) is 0 Å². The van der Waals surface area contributed by atoms with Crippen LogP contribution >= 0.6 is 0 Å². The molecule has 0 amide bonds. The Morgan fingerprint density at radius 1 is 0.844 bits per heavy atom. The van der Waals surface area contributed by atoms with Crippen molar-refractivity contribution in [3.8, 4) is 0 Å². The average molecular weight is 443 g/mol. The molecule has 1 aromatic rings. The molecule has 0 heterocycles. The summed E-state index contributed by atoms with van der Waals surface area (Å²) in [5.41, 5.74) is 2.05. The third-order valence-corrected chi connectivity index (χ3v) is 7.93. The van der Waals surface area contributed by atoms with E-state index in [1.54, 1.807) is 0 Å². The van der Waals surface area contributed by atoms with E-state index in [2.05, 4.69) is 32.1 Å². The first-order chi connectivity index (χ1) is 15.6. The van der Waals surface area contributed by atoms with Gasteiger partial charge in [0.2, 0.25) is 0 Å². The first kappa shape index (κ1) is 25.2. The van der Waals surface area contributed by atoms with E-state index in [1.807, 2.05) is 12.1 Å². The minimum absolute atomic E-state index is 0.500. The smallest absolute Gasteiger partial charge is 0.166 e. The van der Waals surface area contributed by atoms with Gasteiger partial charge in [-0.3, -0.25) is 0 Å². The van der Waals surface area contributed by atoms with Crippen LogP contribution in [0.2, 0.25) is 0 Å². The molecule has 0 spiro atoms. The highest BCUT2D eigenvalue weighted by Crippen LogP contribution is 2.42. The number of allylic oxidation sites excluding steroid dienone is 4. The van der Waals surface area contributed by atoms with E-state index in [9.17, 15) is 8.78 Å². The molecule has 2 aliphatic carbocycles. The third kappa shape index (κ3) is 7.03. The monoisotopic (exact) mass is 442 g/mol. The average Bonchev–Trinajstić information content (AvgIpc) is 2.82. The van der Waals surface area contributed by atoms with Gasteiger partial charge in [-0.2, -0.15) is 0 Å². The van der Waals surface area contributed by atoms with Crippen LogP contribution in [-0.4, -0.2) is 0 Å². The van der Waals surface area contributed by atoms with Crippen molar-refractivity contribution in [3.05, 3.63) is 53.1 Å². The molecule has 0 aromatic heterocycles. The summed E-state index contributed by atoms with van der Waals surface area (Å²) >= 11 is 0. The number of unbranched alkanes of at least 4 members (excludes halogenated alkanes) is 3. The van der Waals surface area contributed by atoms with Crippen molar-refractivity contribution in [1.29, 1.82) is 0 Å². The molecule has 0 aliphatic heterocycles. The maximum absolute atomic E-state index is 14.8. The summed E-state index contributed by atoms with van der Waals surface area (Å²) in [5, 5.41) is 0. The van der Waals surface area contributed by atoms with Crippen molar-refractivity contribution in [2.45, 2.75) is 110 Å². The van der Waals surface area contributed by atoms with Crippen LogP contribution in [0.25, 0.3) is 5.57 Å². The fraction of sp³-hybridized carbons (Fsp3) is 0.667. The molecule has 1 fully saturated rings. The van der Waals surface area contributed by atoms with Gasteiger partial charge in [0.15, 0.2) is 11.6 Å². The van der Waals surface area contributed by atoms with Crippen LogP contribution in [0.15, 0.2) is 30.4 Å². The highest BCUT2D eigenvalue weighted by atomic mass is 19.2. The first-order valence-corrected chi connectivity index (χ1v) is 13.4. The Bertz CT molecular complexity index is 752. The lowest BCUT2D eigenvalue weighted by Gasteiger charge is -2.35.